The number of nitrogens with two attached hydrogens (primary N) is 1. The maximum absolute atomic E-state index is 12.3. The third-order valence-electron chi connectivity index (χ3n) is 2.78. The Morgan fingerprint density at radius 3 is 2.27 bits per heavy atom. The van der Waals surface area contributed by atoms with Crippen molar-refractivity contribution in [3.05, 3.63) is 0 Å². The fraction of sp³-hybridized carbons (Fsp3) is 1.00. The molecule has 1 saturated heterocycles. The highest BCUT2D eigenvalue weighted by Gasteiger charge is 2.40. The molecule has 1 aliphatic heterocycles. The first-order valence-electron chi connectivity index (χ1n) is 5.09. The van der Waals surface area contributed by atoms with Crippen molar-refractivity contribution >= 4 is 0 Å². The second-order valence-electron chi connectivity index (χ2n) is 4.06. The lowest BCUT2D eigenvalue weighted by Crippen LogP contribution is -2.45. The molecule has 90 valence electrons. The summed E-state index contributed by atoms with van der Waals surface area (Å²) >= 11 is 0. The number of aliphatic hydroxyl groups excluding tert-OH is 1. The molecule has 1 heterocycles. The predicted octanol–water partition coefficient (Wildman–Crippen LogP) is 0.580. The molecule has 1 atom stereocenters. The maximum Gasteiger partial charge on any atom is 0.391 e. The monoisotopic (exact) mass is 226 g/mol. The summed E-state index contributed by atoms with van der Waals surface area (Å²) in [7, 11) is 0. The molecule has 15 heavy (non-hydrogen) atoms. The molecule has 0 radical (unpaired) electrons. The van der Waals surface area contributed by atoms with Crippen LogP contribution < -0.4 is 5.73 Å². The molecule has 3 nitrogen and oxygen atoms in total. The molecule has 0 bridgehead atoms. The SMILES string of the molecule is NC(CO)CN1CCC(C(F)(F)F)CC1. The number of hydrogen-bond donors (Lipinski definition) is 2. The third kappa shape index (κ3) is 3.96. The van der Waals surface area contributed by atoms with Gasteiger partial charge in [0, 0.05) is 12.6 Å². The Hall–Kier alpha value is -0.330. The van der Waals surface area contributed by atoms with Gasteiger partial charge in [-0.1, -0.05) is 0 Å². The quantitative estimate of drug-likeness (QED) is 0.740. The van der Waals surface area contributed by atoms with E-state index >= 15 is 0 Å². The number of likely N-dealkylation sites (tertiary alicyclic amines) is 1. The van der Waals surface area contributed by atoms with E-state index < -0.39 is 12.1 Å². The fourth-order valence-electron chi connectivity index (χ4n) is 1.83. The van der Waals surface area contributed by atoms with Crippen molar-refractivity contribution in [2.24, 2.45) is 11.7 Å². The summed E-state index contributed by atoms with van der Waals surface area (Å²) in [6.45, 7) is 1.18. The number of hydrogen-bond acceptors (Lipinski definition) is 3. The van der Waals surface area contributed by atoms with Crippen LogP contribution in [0.25, 0.3) is 0 Å². The third-order valence-corrected chi connectivity index (χ3v) is 2.78. The Kier molecular flexibility index (Phi) is 4.36. The number of nitrogens with zero attached hydrogens (tertiary/aromatic N) is 1. The van der Waals surface area contributed by atoms with Gasteiger partial charge < -0.3 is 15.7 Å². The molecule has 6 heteroatoms. The van der Waals surface area contributed by atoms with E-state index in [9.17, 15) is 13.2 Å². The van der Waals surface area contributed by atoms with E-state index in [0.717, 1.165) is 0 Å². The lowest BCUT2D eigenvalue weighted by molar-refractivity contribution is -0.185. The first kappa shape index (κ1) is 12.7. The number of aliphatic hydroxyl groups is 1. The molecule has 0 aliphatic carbocycles. The second-order valence-corrected chi connectivity index (χ2v) is 4.06. The zero-order chi connectivity index (χ0) is 11.5. The number of halogens is 3. The van der Waals surface area contributed by atoms with Crippen LogP contribution >= 0.6 is 0 Å². The van der Waals surface area contributed by atoms with Crippen molar-refractivity contribution in [3.63, 3.8) is 0 Å². The molecule has 0 amide bonds. The van der Waals surface area contributed by atoms with Gasteiger partial charge in [-0.2, -0.15) is 13.2 Å². The smallest absolute Gasteiger partial charge is 0.391 e. The van der Waals surface area contributed by atoms with Crippen molar-refractivity contribution in [2.45, 2.75) is 25.1 Å². The van der Waals surface area contributed by atoms with Gasteiger partial charge in [-0.05, 0) is 25.9 Å². The highest BCUT2D eigenvalue weighted by Crippen LogP contribution is 2.33. The molecular weight excluding hydrogens is 209 g/mol. The van der Waals surface area contributed by atoms with Crippen molar-refractivity contribution in [1.82, 2.24) is 4.90 Å². The van der Waals surface area contributed by atoms with Gasteiger partial charge in [0.25, 0.3) is 0 Å². The van der Waals surface area contributed by atoms with Gasteiger partial charge in [-0.15, -0.1) is 0 Å². The zero-order valence-corrected chi connectivity index (χ0v) is 8.50. The maximum atomic E-state index is 12.3. The minimum Gasteiger partial charge on any atom is -0.395 e. The molecule has 0 aromatic heterocycles. The average Bonchev–Trinajstić information content (AvgIpc) is 2.17. The van der Waals surface area contributed by atoms with Crippen molar-refractivity contribution < 1.29 is 18.3 Å². The van der Waals surface area contributed by atoms with Crippen molar-refractivity contribution in [2.75, 3.05) is 26.2 Å². The summed E-state index contributed by atoms with van der Waals surface area (Å²) in [5.41, 5.74) is 5.51. The van der Waals surface area contributed by atoms with Gasteiger partial charge in [-0.25, -0.2) is 0 Å². The minimum absolute atomic E-state index is 0.126. The van der Waals surface area contributed by atoms with Crippen LogP contribution in [0.15, 0.2) is 0 Å². The summed E-state index contributed by atoms with van der Waals surface area (Å²) < 4.78 is 36.9. The van der Waals surface area contributed by atoms with Gasteiger partial charge in [0.2, 0.25) is 0 Å². The summed E-state index contributed by atoms with van der Waals surface area (Å²) in [4.78, 5) is 1.88. The van der Waals surface area contributed by atoms with E-state index in [1.807, 2.05) is 4.90 Å². The number of piperidine rings is 1. The highest BCUT2D eigenvalue weighted by molar-refractivity contribution is 4.78. The Labute approximate surface area is 87.0 Å². The van der Waals surface area contributed by atoms with Crippen LogP contribution in [0, 0.1) is 5.92 Å². The normalized spacial score (nSPS) is 23.0. The van der Waals surface area contributed by atoms with Crippen LogP contribution in [0.5, 0.6) is 0 Å². The van der Waals surface area contributed by atoms with Crippen LogP contribution in [0.4, 0.5) is 13.2 Å². The topological polar surface area (TPSA) is 49.5 Å². The van der Waals surface area contributed by atoms with Crippen LogP contribution in [-0.2, 0) is 0 Å². The van der Waals surface area contributed by atoms with Crippen molar-refractivity contribution in [3.8, 4) is 0 Å². The molecule has 3 N–H and O–H groups in total. The Balaban J connectivity index is 2.30. The highest BCUT2D eigenvalue weighted by atomic mass is 19.4. The first-order valence-corrected chi connectivity index (χ1v) is 5.09. The van der Waals surface area contributed by atoms with Crippen LogP contribution in [0.1, 0.15) is 12.8 Å². The molecule has 1 fully saturated rings. The lowest BCUT2D eigenvalue weighted by atomic mass is 9.96. The van der Waals surface area contributed by atoms with E-state index in [0.29, 0.717) is 19.6 Å². The lowest BCUT2D eigenvalue weighted by Gasteiger charge is -2.33. The molecule has 0 aromatic rings. The molecule has 0 saturated carbocycles. The predicted molar refractivity (Wildman–Crippen MR) is 50.3 cm³/mol. The summed E-state index contributed by atoms with van der Waals surface area (Å²) in [6, 6.07) is -0.354. The molecule has 0 spiro atoms. The Bertz CT molecular complexity index is 190. The van der Waals surface area contributed by atoms with Crippen LogP contribution in [-0.4, -0.2) is 48.5 Å². The molecule has 1 unspecified atom stereocenters. The molecular formula is C9H17F3N2O. The molecule has 1 aliphatic rings. The van der Waals surface area contributed by atoms with Gasteiger partial charge in [-0.3, -0.25) is 0 Å². The standard InChI is InChI=1S/C9H17F3N2O/c10-9(11,12)7-1-3-14(4-2-7)5-8(13)6-15/h7-8,15H,1-6,13H2. The number of alkyl halides is 3. The summed E-state index contributed by atoms with van der Waals surface area (Å²) in [5, 5.41) is 8.72. The van der Waals surface area contributed by atoms with Gasteiger partial charge in [0.15, 0.2) is 0 Å². The number of rotatable bonds is 3. The van der Waals surface area contributed by atoms with Gasteiger partial charge in [0.05, 0.1) is 12.5 Å². The van der Waals surface area contributed by atoms with E-state index in [4.69, 9.17) is 10.8 Å². The second kappa shape index (κ2) is 5.14. The van der Waals surface area contributed by atoms with E-state index in [1.54, 1.807) is 0 Å². The zero-order valence-electron chi connectivity index (χ0n) is 8.50. The minimum atomic E-state index is -4.06. The van der Waals surface area contributed by atoms with Crippen molar-refractivity contribution in [1.29, 1.82) is 0 Å². The summed E-state index contributed by atoms with van der Waals surface area (Å²) in [6.07, 6.45) is -3.78. The first-order chi connectivity index (χ1) is 6.93. The summed E-state index contributed by atoms with van der Waals surface area (Å²) in [5.74, 6) is -1.17. The van der Waals surface area contributed by atoms with Gasteiger partial charge >= 0.3 is 6.18 Å². The van der Waals surface area contributed by atoms with E-state index in [2.05, 4.69) is 0 Å². The van der Waals surface area contributed by atoms with Crippen LogP contribution in [0.3, 0.4) is 0 Å². The largest absolute Gasteiger partial charge is 0.395 e. The molecule has 0 aromatic carbocycles. The Morgan fingerprint density at radius 1 is 1.33 bits per heavy atom. The fourth-order valence-corrected chi connectivity index (χ4v) is 1.83. The average molecular weight is 226 g/mol. The Morgan fingerprint density at radius 2 is 1.87 bits per heavy atom. The van der Waals surface area contributed by atoms with E-state index in [-0.39, 0.29) is 25.5 Å². The van der Waals surface area contributed by atoms with Crippen LogP contribution in [0.2, 0.25) is 0 Å². The van der Waals surface area contributed by atoms with E-state index in [1.165, 1.54) is 0 Å². The van der Waals surface area contributed by atoms with Gasteiger partial charge in [0.1, 0.15) is 0 Å². The molecule has 1 rings (SSSR count).